The van der Waals surface area contributed by atoms with E-state index in [1.807, 2.05) is 0 Å². The molecule has 1 amide bonds. The number of phenolic OH excluding ortho intramolecular Hbond substituents is 1. The first-order chi connectivity index (χ1) is 9.61. The van der Waals surface area contributed by atoms with Gasteiger partial charge < -0.3 is 15.5 Å². The summed E-state index contributed by atoms with van der Waals surface area (Å²) >= 11 is 0. The Labute approximate surface area is 116 Å². The molecule has 0 aliphatic heterocycles. The van der Waals surface area contributed by atoms with E-state index in [0.29, 0.717) is 11.8 Å². The molecule has 2 aliphatic carbocycles. The fourth-order valence-corrected chi connectivity index (χ4v) is 3.86. The van der Waals surface area contributed by atoms with Crippen molar-refractivity contribution in [2.45, 2.75) is 25.3 Å². The molecule has 4 atom stereocenters. The Morgan fingerprint density at radius 1 is 1.35 bits per heavy atom. The first-order valence-corrected chi connectivity index (χ1v) is 7.01. The second-order valence-corrected chi connectivity index (χ2v) is 5.81. The predicted molar refractivity (Wildman–Crippen MR) is 70.7 cm³/mol. The van der Waals surface area contributed by atoms with Gasteiger partial charge in [-0.25, -0.2) is 4.39 Å². The number of carbonyl (C=O) groups excluding carboxylic acids is 1. The molecule has 20 heavy (non-hydrogen) atoms. The number of aliphatic hydroxyl groups is 1. The molecule has 0 spiro atoms. The van der Waals surface area contributed by atoms with E-state index in [-0.39, 0.29) is 29.9 Å². The topological polar surface area (TPSA) is 69.6 Å². The minimum Gasteiger partial charge on any atom is -0.507 e. The van der Waals surface area contributed by atoms with Crippen molar-refractivity contribution in [1.82, 2.24) is 5.32 Å². The van der Waals surface area contributed by atoms with E-state index >= 15 is 0 Å². The summed E-state index contributed by atoms with van der Waals surface area (Å²) in [6.07, 6.45) is 3.14. The maximum absolute atomic E-state index is 13.7. The molecule has 0 heterocycles. The van der Waals surface area contributed by atoms with Crippen molar-refractivity contribution in [2.75, 3.05) is 6.61 Å². The van der Waals surface area contributed by atoms with Crippen LogP contribution in [-0.4, -0.2) is 28.8 Å². The van der Waals surface area contributed by atoms with Crippen molar-refractivity contribution < 1.29 is 19.4 Å². The number of aromatic hydroxyl groups is 1. The summed E-state index contributed by atoms with van der Waals surface area (Å²) in [5.41, 5.74) is -0.313. The molecule has 0 aromatic heterocycles. The summed E-state index contributed by atoms with van der Waals surface area (Å²) in [5, 5.41) is 21.9. The third-order valence-corrected chi connectivity index (χ3v) is 4.82. The van der Waals surface area contributed by atoms with Crippen molar-refractivity contribution in [3.05, 3.63) is 29.6 Å². The van der Waals surface area contributed by atoms with Crippen LogP contribution in [0.15, 0.2) is 18.2 Å². The number of nitrogens with one attached hydrogen (secondary N) is 1. The van der Waals surface area contributed by atoms with Crippen LogP contribution in [0.3, 0.4) is 0 Å². The first kappa shape index (κ1) is 13.4. The molecule has 1 aromatic carbocycles. The van der Waals surface area contributed by atoms with Crippen LogP contribution in [-0.2, 0) is 0 Å². The number of hydrogen-bond donors (Lipinski definition) is 3. The molecule has 2 fully saturated rings. The normalized spacial score (nSPS) is 31.5. The van der Waals surface area contributed by atoms with Crippen molar-refractivity contribution >= 4 is 5.91 Å². The van der Waals surface area contributed by atoms with Crippen LogP contribution in [0.4, 0.5) is 4.39 Å². The maximum atomic E-state index is 13.7. The first-order valence-electron chi connectivity index (χ1n) is 7.01. The standard InChI is InChI=1S/C15H18FNO3/c16-11-2-1-3-12(19)13(11)15(20)17-14-9-5-4-8(6-9)10(14)7-18/h1-3,8-10,14,18-19H,4-7H2,(H,17,20). The molecular formula is C15H18FNO3. The molecule has 3 rings (SSSR count). The second kappa shape index (κ2) is 5.05. The number of phenols is 1. The van der Waals surface area contributed by atoms with Crippen LogP contribution < -0.4 is 5.32 Å². The fourth-order valence-electron chi connectivity index (χ4n) is 3.86. The van der Waals surface area contributed by atoms with Gasteiger partial charge in [0.1, 0.15) is 17.1 Å². The van der Waals surface area contributed by atoms with Crippen molar-refractivity contribution in [3.63, 3.8) is 0 Å². The number of carbonyl (C=O) groups is 1. The molecule has 108 valence electrons. The highest BCUT2D eigenvalue weighted by Gasteiger charge is 2.47. The molecular weight excluding hydrogens is 261 g/mol. The monoisotopic (exact) mass is 279 g/mol. The Bertz CT molecular complexity index is 514. The molecule has 1 aromatic rings. The van der Waals surface area contributed by atoms with Gasteiger partial charge in [0.05, 0.1) is 0 Å². The van der Waals surface area contributed by atoms with Crippen LogP contribution in [0.1, 0.15) is 29.6 Å². The van der Waals surface area contributed by atoms with E-state index in [4.69, 9.17) is 0 Å². The zero-order valence-electron chi connectivity index (χ0n) is 11.1. The number of amides is 1. The summed E-state index contributed by atoms with van der Waals surface area (Å²) in [5.74, 6) is -0.833. The summed E-state index contributed by atoms with van der Waals surface area (Å²) < 4.78 is 13.7. The average Bonchev–Trinajstić information content (AvgIpc) is 2.99. The summed E-state index contributed by atoms with van der Waals surface area (Å²) in [6.45, 7) is 0.0371. The van der Waals surface area contributed by atoms with Gasteiger partial charge in [0.25, 0.3) is 5.91 Å². The molecule has 0 saturated heterocycles. The van der Waals surface area contributed by atoms with Crippen molar-refractivity contribution in [3.8, 4) is 5.75 Å². The summed E-state index contributed by atoms with van der Waals surface area (Å²) in [6, 6.07) is 3.68. The summed E-state index contributed by atoms with van der Waals surface area (Å²) in [7, 11) is 0. The molecule has 0 radical (unpaired) electrons. The third-order valence-electron chi connectivity index (χ3n) is 4.82. The van der Waals surface area contributed by atoms with Crippen LogP contribution in [0, 0.1) is 23.6 Å². The smallest absolute Gasteiger partial charge is 0.258 e. The van der Waals surface area contributed by atoms with E-state index in [9.17, 15) is 19.4 Å². The van der Waals surface area contributed by atoms with E-state index in [0.717, 1.165) is 25.3 Å². The van der Waals surface area contributed by atoms with Crippen LogP contribution in [0.25, 0.3) is 0 Å². The maximum Gasteiger partial charge on any atom is 0.258 e. The largest absolute Gasteiger partial charge is 0.507 e. The summed E-state index contributed by atoms with van der Waals surface area (Å²) in [4.78, 5) is 12.2. The lowest BCUT2D eigenvalue weighted by molar-refractivity contribution is 0.0855. The lowest BCUT2D eigenvalue weighted by Crippen LogP contribution is -2.45. The van der Waals surface area contributed by atoms with Gasteiger partial charge in [-0.3, -0.25) is 4.79 Å². The lowest BCUT2D eigenvalue weighted by Gasteiger charge is -2.30. The molecule has 4 nitrogen and oxygen atoms in total. The molecule has 5 heteroatoms. The van der Waals surface area contributed by atoms with Gasteiger partial charge >= 0.3 is 0 Å². The van der Waals surface area contributed by atoms with Gasteiger partial charge in [-0.15, -0.1) is 0 Å². The molecule has 2 saturated carbocycles. The number of halogens is 1. The second-order valence-electron chi connectivity index (χ2n) is 5.81. The van der Waals surface area contributed by atoms with E-state index in [1.165, 1.54) is 12.1 Å². The highest BCUT2D eigenvalue weighted by Crippen LogP contribution is 2.48. The Kier molecular flexibility index (Phi) is 3.38. The minimum absolute atomic E-state index is 0.0371. The SMILES string of the molecule is O=C(NC1C2CCC(C2)C1CO)c1c(O)cccc1F. The number of aliphatic hydroxyl groups excluding tert-OH is 1. The van der Waals surface area contributed by atoms with E-state index < -0.39 is 11.7 Å². The molecule has 3 N–H and O–H groups in total. The molecule has 4 unspecified atom stereocenters. The highest BCUT2D eigenvalue weighted by molar-refractivity contribution is 5.97. The Morgan fingerprint density at radius 3 is 2.80 bits per heavy atom. The quantitative estimate of drug-likeness (QED) is 0.788. The van der Waals surface area contributed by atoms with Gasteiger partial charge in [0.15, 0.2) is 0 Å². The Morgan fingerprint density at radius 2 is 2.10 bits per heavy atom. The fraction of sp³-hybridized carbons (Fsp3) is 0.533. The van der Waals surface area contributed by atoms with Crippen LogP contribution in [0.2, 0.25) is 0 Å². The lowest BCUT2D eigenvalue weighted by atomic mass is 9.85. The van der Waals surface area contributed by atoms with Crippen LogP contribution >= 0.6 is 0 Å². The van der Waals surface area contributed by atoms with Gasteiger partial charge in [0, 0.05) is 18.6 Å². The van der Waals surface area contributed by atoms with Gasteiger partial charge in [-0.2, -0.15) is 0 Å². The van der Waals surface area contributed by atoms with E-state index in [1.54, 1.807) is 0 Å². The van der Waals surface area contributed by atoms with Crippen molar-refractivity contribution in [1.29, 1.82) is 0 Å². The predicted octanol–water partition coefficient (Wildman–Crippen LogP) is 1.67. The van der Waals surface area contributed by atoms with Gasteiger partial charge in [-0.1, -0.05) is 6.07 Å². The number of benzene rings is 1. The van der Waals surface area contributed by atoms with Crippen LogP contribution in [0.5, 0.6) is 5.75 Å². The number of hydrogen-bond acceptors (Lipinski definition) is 3. The Hall–Kier alpha value is -1.62. The molecule has 2 bridgehead atoms. The van der Waals surface area contributed by atoms with Gasteiger partial charge in [0.2, 0.25) is 0 Å². The van der Waals surface area contributed by atoms with Crippen molar-refractivity contribution in [2.24, 2.45) is 17.8 Å². The zero-order chi connectivity index (χ0) is 14.3. The van der Waals surface area contributed by atoms with E-state index in [2.05, 4.69) is 5.32 Å². The minimum atomic E-state index is -0.730. The average molecular weight is 279 g/mol. The zero-order valence-corrected chi connectivity index (χ0v) is 11.1. The number of rotatable bonds is 3. The third kappa shape index (κ3) is 2.06. The Balaban J connectivity index is 1.79. The van der Waals surface area contributed by atoms with Gasteiger partial charge in [-0.05, 0) is 43.2 Å². The number of fused-ring (bicyclic) bond motifs is 2. The highest BCUT2D eigenvalue weighted by atomic mass is 19.1. The molecule has 2 aliphatic rings.